The van der Waals surface area contributed by atoms with Gasteiger partial charge >= 0.3 is 0 Å². The second-order valence-corrected chi connectivity index (χ2v) is 5.50. The van der Waals surface area contributed by atoms with Crippen LogP contribution in [0.25, 0.3) is 0 Å². The number of hydrogen-bond acceptors (Lipinski definition) is 3. The van der Waals surface area contributed by atoms with Crippen molar-refractivity contribution < 1.29 is 9.13 Å². The smallest absolute Gasteiger partial charge is 0.137 e. The molecule has 1 N–H and O–H groups in total. The lowest BCUT2D eigenvalue weighted by atomic mass is 10.1. The maximum absolute atomic E-state index is 13.8. The molecule has 4 heteroatoms. The van der Waals surface area contributed by atoms with Gasteiger partial charge in [-0.3, -0.25) is 0 Å². The summed E-state index contributed by atoms with van der Waals surface area (Å²) >= 11 is 1.42. The third kappa shape index (κ3) is 3.14. The zero-order valence-corrected chi connectivity index (χ0v) is 12.6. The van der Waals surface area contributed by atoms with Gasteiger partial charge in [0.15, 0.2) is 0 Å². The van der Waals surface area contributed by atoms with Crippen LogP contribution in [-0.2, 0) is 0 Å². The van der Waals surface area contributed by atoms with Gasteiger partial charge < -0.3 is 10.1 Å². The first-order chi connectivity index (χ1) is 9.67. The fraction of sp³-hybridized carbons (Fsp3) is 0.250. The number of rotatable bonds is 5. The molecule has 106 valence electrons. The molecule has 1 atom stereocenters. The Hall–Kier alpha value is -1.52. The van der Waals surface area contributed by atoms with Crippen LogP contribution < -0.4 is 10.1 Å². The topological polar surface area (TPSA) is 21.3 Å². The zero-order chi connectivity index (χ0) is 14.5. The van der Waals surface area contributed by atoms with Crippen LogP contribution in [0.5, 0.6) is 5.75 Å². The molecular formula is C16H18FNOS. The molecule has 2 aromatic rings. The Bertz CT molecular complexity index is 588. The van der Waals surface area contributed by atoms with E-state index in [1.54, 1.807) is 19.2 Å². The molecule has 0 bridgehead atoms. The van der Waals surface area contributed by atoms with Crippen molar-refractivity contribution in [2.45, 2.75) is 22.8 Å². The summed E-state index contributed by atoms with van der Waals surface area (Å²) in [6, 6.07) is 12.8. The Morgan fingerprint density at radius 3 is 2.45 bits per heavy atom. The fourth-order valence-corrected chi connectivity index (χ4v) is 3.09. The van der Waals surface area contributed by atoms with Crippen molar-refractivity contribution in [2.75, 3.05) is 14.2 Å². The van der Waals surface area contributed by atoms with Gasteiger partial charge in [-0.25, -0.2) is 4.39 Å². The summed E-state index contributed by atoms with van der Waals surface area (Å²) in [6.07, 6.45) is 0. The highest BCUT2D eigenvalue weighted by atomic mass is 32.2. The molecule has 0 saturated carbocycles. The third-order valence-corrected chi connectivity index (χ3v) is 4.30. The number of halogens is 1. The third-order valence-electron chi connectivity index (χ3n) is 3.17. The highest BCUT2D eigenvalue weighted by Gasteiger charge is 2.16. The first-order valence-corrected chi connectivity index (χ1v) is 7.25. The maximum Gasteiger partial charge on any atom is 0.137 e. The molecule has 0 heterocycles. The minimum Gasteiger partial charge on any atom is -0.496 e. The van der Waals surface area contributed by atoms with Crippen LogP contribution >= 0.6 is 11.8 Å². The van der Waals surface area contributed by atoms with Crippen molar-refractivity contribution in [3.8, 4) is 5.75 Å². The standard InChI is InChI=1S/C16H18FNOS/c1-11(18-2)16-13(19-3)8-6-10-15(16)20-14-9-5-4-7-12(14)17/h4-11,18H,1-3H3. The average molecular weight is 291 g/mol. The number of hydrogen-bond donors (Lipinski definition) is 1. The van der Waals surface area contributed by atoms with Gasteiger partial charge in [-0.15, -0.1) is 0 Å². The van der Waals surface area contributed by atoms with E-state index in [0.29, 0.717) is 4.90 Å². The van der Waals surface area contributed by atoms with E-state index in [0.717, 1.165) is 16.2 Å². The quantitative estimate of drug-likeness (QED) is 0.889. The molecule has 0 spiro atoms. The molecule has 20 heavy (non-hydrogen) atoms. The number of benzene rings is 2. The fourth-order valence-electron chi connectivity index (χ4n) is 2.01. The van der Waals surface area contributed by atoms with Gasteiger partial charge in [0, 0.05) is 21.4 Å². The van der Waals surface area contributed by atoms with Crippen LogP contribution in [0.3, 0.4) is 0 Å². The second kappa shape index (κ2) is 6.77. The number of methoxy groups -OCH3 is 1. The van der Waals surface area contributed by atoms with E-state index in [1.165, 1.54) is 17.8 Å². The van der Waals surface area contributed by atoms with E-state index in [9.17, 15) is 4.39 Å². The van der Waals surface area contributed by atoms with Gasteiger partial charge in [0.1, 0.15) is 11.6 Å². The van der Waals surface area contributed by atoms with E-state index in [-0.39, 0.29) is 11.9 Å². The Morgan fingerprint density at radius 1 is 1.10 bits per heavy atom. The van der Waals surface area contributed by atoms with Crippen molar-refractivity contribution >= 4 is 11.8 Å². The molecule has 0 aliphatic heterocycles. The molecule has 0 fully saturated rings. The van der Waals surface area contributed by atoms with Gasteiger partial charge in [-0.1, -0.05) is 30.0 Å². The molecule has 0 aliphatic carbocycles. The van der Waals surface area contributed by atoms with Gasteiger partial charge in [0.25, 0.3) is 0 Å². The summed E-state index contributed by atoms with van der Waals surface area (Å²) in [5, 5.41) is 3.21. The monoisotopic (exact) mass is 291 g/mol. The van der Waals surface area contributed by atoms with Gasteiger partial charge in [0.2, 0.25) is 0 Å². The van der Waals surface area contributed by atoms with Crippen molar-refractivity contribution in [2.24, 2.45) is 0 Å². The van der Waals surface area contributed by atoms with Crippen molar-refractivity contribution in [3.63, 3.8) is 0 Å². The van der Waals surface area contributed by atoms with E-state index < -0.39 is 0 Å². The summed E-state index contributed by atoms with van der Waals surface area (Å²) in [6.45, 7) is 2.06. The summed E-state index contributed by atoms with van der Waals surface area (Å²) in [5.74, 6) is 0.608. The Kier molecular flexibility index (Phi) is 5.04. The Labute approximate surface area is 123 Å². The minimum atomic E-state index is -0.205. The molecule has 0 aliphatic rings. The summed E-state index contributed by atoms with van der Waals surface area (Å²) in [7, 11) is 3.55. The largest absolute Gasteiger partial charge is 0.496 e. The van der Waals surface area contributed by atoms with Crippen LogP contribution in [0, 0.1) is 5.82 Å². The first-order valence-electron chi connectivity index (χ1n) is 6.44. The van der Waals surface area contributed by atoms with Crippen LogP contribution in [0.1, 0.15) is 18.5 Å². The zero-order valence-electron chi connectivity index (χ0n) is 11.8. The van der Waals surface area contributed by atoms with Crippen molar-refractivity contribution in [3.05, 3.63) is 53.8 Å². The lowest BCUT2D eigenvalue weighted by Crippen LogP contribution is -2.14. The SMILES string of the molecule is CNC(C)c1c(OC)cccc1Sc1ccccc1F. The van der Waals surface area contributed by atoms with Gasteiger partial charge in [-0.05, 0) is 38.2 Å². The van der Waals surface area contributed by atoms with Crippen molar-refractivity contribution in [1.82, 2.24) is 5.32 Å². The molecule has 2 aromatic carbocycles. The van der Waals surface area contributed by atoms with Crippen LogP contribution in [0.2, 0.25) is 0 Å². The van der Waals surface area contributed by atoms with E-state index in [2.05, 4.69) is 12.2 Å². The lowest BCUT2D eigenvalue weighted by Gasteiger charge is -2.19. The maximum atomic E-state index is 13.8. The number of nitrogens with one attached hydrogen (secondary N) is 1. The summed E-state index contributed by atoms with van der Waals surface area (Å²) in [5.41, 5.74) is 1.05. The van der Waals surface area contributed by atoms with Gasteiger partial charge in [-0.2, -0.15) is 0 Å². The lowest BCUT2D eigenvalue weighted by molar-refractivity contribution is 0.401. The van der Waals surface area contributed by atoms with Crippen LogP contribution in [-0.4, -0.2) is 14.2 Å². The van der Waals surface area contributed by atoms with Crippen LogP contribution in [0.15, 0.2) is 52.3 Å². The van der Waals surface area contributed by atoms with Crippen molar-refractivity contribution in [1.29, 1.82) is 0 Å². The molecular weight excluding hydrogens is 273 g/mol. The highest BCUT2D eigenvalue weighted by molar-refractivity contribution is 7.99. The van der Waals surface area contributed by atoms with Crippen LogP contribution in [0.4, 0.5) is 4.39 Å². The minimum absolute atomic E-state index is 0.125. The molecule has 0 radical (unpaired) electrons. The molecule has 2 rings (SSSR count). The molecule has 0 saturated heterocycles. The predicted molar refractivity (Wildman–Crippen MR) is 81.0 cm³/mol. The first kappa shape index (κ1) is 14.9. The van der Waals surface area contributed by atoms with E-state index in [1.807, 2.05) is 31.3 Å². The Morgan fingerprint density at radius 2 is 1.80 bits per heavy atom. The van der Waals surface area contributed by atoms with E-state index >= 15 is 0 Å². The predicted octanol–water partition coefficient (Wildman–Crippen LogP) is 4.27. The molecule has 2 nitrogen and oxygen atoms in total. The Balaban J connectivity index is 2.43. The molecule has 1 unspecified atom stereocenters. The normalized spacial score (nSPS) is 12.2. The molecule has 0 amide bonds. The number of ether oxygens (including phenoxy) is 1. The second-order valence-electron chi connectivity index (χ2n) is 4.41. The molecule has 0 aromatic heterocycles. The average Bonchev–Trinajstić information content (AvgIpc) is 2.48. The van der Waals surface area contributed by atoms with E-state index in [4.69, 9.17) is 4.74 Å². The highest BCUT2D eigenvalue weighted by Crippen LogP contribution is 2.38. The van der Waals surface area contributed by atoms with Gasteiger partial charge in [0.05, 0.1) is 7.11 Å². The summed E-state index contributed by atoms with van der Waals surface area (Å²) in [4.78, 5) is 1.61. The summed E-state index contributed by atoms with van der Waals surface area (Å²) < 4.78 is 19.2.